The van der Waals surface area contributed by atoms with Gasteiger partial charge in [0.15, 0.2) is 18.1 Å². The molecule has 6 nitrogen and oxygen atoms in total. The SMILES string of the molecule is CCOc1ccc(/C=N/NC(=O)COc2cc(C)ccc2C(C)C)cc1OCC. The molecule has 0 aliphatic carbocycles. The van der Waals surface area contributed by atoms with Gasteiger partial charge in [0.05, 0.1) is 19.4 Å². The Labute approximate surface area is 172 Å². The summed E-state index contributed by atoms with van der Waals surface area (Å²) in [7, 11) is 0. The molecule has 2 rings (SSSR count). The highest BCUT2D eigenvalue weighted by Gasteiger charge is 2.10. The molecule has 1 N–H and O–H groups in total. The third kappa shape index (κ3) is 6.82. The maximum absolute atomic E-state index is 12.1. The van der Waals surface area contributed by atoms with Crippen molar-refractivity contribution in [2.45, 2.75) is 40.5 Å². The lowest BCUT2D eigenvalue weighted by atomic mass is 10.0. The lowest BCUT2D eigenvalue weighted by molar-refractivity contribution is -0.123. The lowest BCUT2D eigenvalue weighted by Crippen LogP contribution is -2.25. The number of ether oxygens (including phenoxy) is 3. The fraction of sp³-hybridized carbons (Fsp3) is 0.391. The molecule has 0 fully saturated rings. The zero-order valence-corrected chi connectivity index (χ0v) is 17.8. The molecule has 0 saturated carbocycles. The van der Waals surface area contributed by atoms with Crippen molar-refractivity contribution in [3.8, 4) is 17.2 Å². The molecule has 0 radical (unpaired) electrons. The van der Waals surface area contributed by atoms with E-state index in [1.54, 1.807) is 6.21 Å². The number of nitrogens with one attached hydrogen (secondary N) is 1. The molecule has 0 unspecified atom stereocenters. The predicted octanol–water partition coefficient (Wildman–Crippen LogP) is 4.44. The average Bonchev–Trinajstić information content (AvgIpc) is 2.68. The Kier molecular flexibility index (Phi) is 8.52. The smallest absolute Gasteiger partial charge is 0.277 e. The molecule has 0 aliphatic heterocycles. The Balaban J connectivity index is 1.95. The molecule has 0 saturated heterocycles. The van der Waals surface area contributed by atoms with Crippen molar-refractivity contribution in [1.82, 2.24) is 5.43 Å². The Morgan fingerprint density at radius 2 is 1.72 bits per heavy atom. The van der Waals surface area contributed by atoms with Gasteiger partial charge in [0.1, 0.15) is 5.75 Å². The molecule has 0 bridgehead atoms. The number of benzene rings is 2. The fourth-order valence-electron chi connectivity index (χ4n) is 2.75. The van der Waals surface area contributed by atoms with Crippen LogP contribution in [0.4, 0.5) is 0 Å². The van der Waals surface area contributed by atoms with Crippen molar-refractivity contribution >= 4 is 12.1 Å². The molecule has 2 aromatic rings. The van der Waals surface area contributed by atoms with Gasteiger partial charge in [-0.05, 0) is 67.6 Å². The summed E-state index contributed by atoms with van der Waals surface area (Å²) >= 11 is 0. The number of rotatable bonds is 10. The monoisotopic (exact) mass is 398 g/mol. The summed E-state index contributed by atoms with van der Waals surface area (Å²) in [6.45, 7) is 11.0. The van der Waals surface area contributed by atoms with E-state index in [4.69, 9.17) is 14.2 Å². The van der Waals surface area contributed by atoms with E-state index in [0.29, 0.717) is 30.6 Å². The first-order valence-corrected chi connectivity index (χ1v) is 9.89. The topological polar surface area (TPSA) is 69.2 Å². The average molecular weight is 399 g/mol. The van der Waals surface area contributed by atoms with Crippen LogP contribution >= 0.6 is 0 Å². The molecule has 0 spiro atoms. The summed E-state index contributed by atoms with van der Waals surface area (Å²) in [5, 5.41) is 4.00. The standard InChI is InChI=1S/C23H30N2O4/c1-6-27-20-11-9-18(13-22(20)28-7-2)14-24-25-23(26)15-29-21-12-17(5)8-10-19(21)16(3)4/h8-14,16H,6-7,15H2,1-5H3,(H,25,26)/b24-14+. The number of amides is 1. The van der Waals surface area contributed by atoms with Crippen LogP contribution in [0.3, 0.4) is 0 Å². The first-order valence-electron chi connectivity index (χ1n) is 9.89. The van der Waals surface area contributed by atoms with E-state index >= 15 is 0 Å². The van der Waals surface area contributed by atoms with Crippen LogP contribution in [0.15, 0.2) is 41.5 Å². The maximum Gasteiger partial charge on any atom is 0.277 e. The van der Waals surface area contributed by atoms with Crippen molar-refractivity contribution in [2.24, 2.45) is 5.10 Å². The molecule has 0 aliphatic rings. The highest BCUT2D eigenvalue weighted by molar-refractivity contribution is 5.83. The zero-order valence-electron chi connectivity index (χ0n) is 17.8. The van der Waals surface area contributed by atoms with Crippen molar-refractivity contribution in [3.63, 3.8) is 0 Å². The number of carbonyl (C=O) groups is 1. The Hall–Kier alpha value is -3.02. The second kappa shape index (κ2) is 11.1. The van der Waals surface area contributed by atoms with Crippen LogP contribution in [0.5, 0.6) is 17.2 Å². The molecule has 0 atom stereocenters. The predicted molar refractivity (Wildman–Crippen MR) is 115 cm³/mol. The van der Waals surface area contributed by atoms with Crippen molar-refractivity contribution in [2.75, 3.05) is 19.8 Å². The summed E-state index contributed by atoms with van der Waals surface area (Å²) in [5.74, 6) is 2.04. The van der Waals surface area contributed by atoms with Gasteiger partial charge in [-0.15, -0.1) is 0 Å². The van der Waals surface area contributed by atoms with Crippen LogP contribution in [0.25, 0.3) is 0 Å². The van der Waals surface area contributed by atoms with E-state index in [2.05, 4.69) is 24.4 Å². The third-order valence-electron chi connectivity index (χ3n) is 4.12. The molecule has 1 amide bonds. The highest BCUT2D eigenvalue weighted by Crippen LogP contribution is 2.28. The van der Waals surface area contributed by atoms with Gasteiger partial charge in [0.2, 0.25) is 0 Å². The molecular weight excluding hydrogens is 368 g/mol. The van der Waals surface area contributed by atoms with E-state index in [1.807, 2.05) is 57.2 Å². The minimum absolute atomic E-state index is 0.103. The summed E-state index contributed by atoms with van der Waals surface area (Å²) < 4.78 is 16.8. The van der Waals surface area contributed by atoms with Crippen molar-refractivity contribution in [1.29, 1.82) is 0 Å². The number of hydrogen-bond donors (Lipinski definition) is 1. The molecule has 29 heavy (non-hydrogen) atoms. The number of carbonyl (C=O) groups excluding carboxylic acids is 1. The Morgan fingerprint density at radius 3 is 2.41 bits per heavy atom. The lowest BCUT2D eigenvalue weighted by Gasteiger charge is -2.14. The van der Waals surface area contributed by atoms with Gasteiger partial charge in [0.25, 0.3) is 5.91 Å². The van der Waals surface area contributed by atoms with E-state index in [0.717, 1.165) is 22.4 Å². The van der Waals surface area contributed by atoms with E-state index < -0.39 is 0 Å². The number of nitrogens with zero attached hydrogens (tertiary/aromatic N) is 1. The van der Waals surface area contributed by atoms with Crippen LogP contribution in [-0.4, -0.2) is 31.9 Å². The maximum atomic E-state index is 12.1. The molecule has 0 aromatic heterocycles. The number of hydrazone groups is 1. The first-order chi connectivity index (χ1) is 13.9. The summed E-state index contributed by atoms with van der Waals surface area (Å²) in [4.78, 5) is 12.1. The fourth-order valence-corrected chi connectivity index (χ4v) is 2.75. The molecule has 2 aromatic carbocycles. The Morgan fingerprint density at radius 1 is 1.00 bits per heavy atom. The first kappa shape index (κ1) is 22.3. The summed E-state index contributed by atoms with van der Waals surface area (Å²) in [6, 6.07) is 11.5. The van der Waals surface area contributed by atoms with Crippen LogP contribution < -0.4 is 19.6 Å². The van der Waals surface area contributed by atoms with Gasteiger partial charge in [-0.25, -0.2) is 5.43 Å². The number of aryl methyl sites for hydroxylation is 1. The van der Waals surface area contributed by atoms with E-state index in [1.165, 1.54) is 0 Å². The van der Waals surface area contributed by atoms with Crippen molar-refractivity contribution < 1.29 is 19.0 Å². The second-order valence-corrected chi connectivity index (χ2v) is 6.85. The third-order valence-corrected chi connectivity index (χ3v) is 4.12. The van der Waals surface area contributed by atoms with Gasteiger partial charge >= 0.3 is 0 Å². The largest absolute Gasteiger partial charge is 0.490 e. The minimum atomic E-state index is -0.326. The minimum Gasteiger partial charge on any atom is -0.490 e. The van der Waals surface area contributed by atoms with E-state index in [-0.39, 0.29) is 12.5 Å². The normalized spacial score (nSPS) is 11.0. The molecule has 156 valence electrons. The van der Waals surface area contributed by atoms with Gasteiger partial charge in [-0.3, -0.25) is 4.79 Å². The summed E-state index contributed by atoms with van der Waals surface area (Å²) in [6.07, 6.45) is 1.56. The number of hydrogen-bond acceptors (Lipinski definition) is 5. The van der Waals surface area contributed by atoms with Gasteiger partial charge < -0.3 is 14.2 Å². The zero-order chi connectivity index (χ0) is 21.2. The molecular formula is C23H30N2O4. The quantitative estimate of drug-likeness (QED) is 0.474. The van der Waals surface area contributed by atoms with Crippen LogP contribution in [0.1, 0.15) is 50.3 Å². The van der Waals surface area contributed by atoms with Crippen LogP contribution in [0, 0.1) is 6.92 Å². The molecule has 0 heterocycles. The highest BCUT2D eigenvalue weighted by atomic mass is 16.5. The Bertz CT molecular complexity index is 847. The second-order valence-electron chi connectivity index (χ2n) is 6.85. The van der Waals surface area contributed by atoms with Crippen LogP contribution in [0.2, 0.25) is 0 Å². The van der Waals surface area contributed by atoms with Gasteiger partial charge in [0, 0.05) is 0 Å². The molecule has 6 heteroatoms. The van der Waals surface area contributed by atoms with Crippen LogP contribution in [-0.2, 0) is 4.79 Å². The van der Waals surface area contributed by atoms with Gasteiger partial charge in [-0.1, -0.05) is 26.0 Å². The van der Waals surface area contributed by atoms with E-state index in [9.17, 15) is 4.79 Å². The summed E-state index contributed by atoms with van der Waals surface area (Å²) in [5.41, 5.74) is 5.44. The van der Waals surface area contributed by atoms with Gasteiger partial charge in [-0.2, -0.15) is 5.10 Å². The van der Waals surface area contributed by atoms with Crippen molar-refractivity contribution in [3.05, 3.63) is 53.1 Å².